The molecule has 178 valence electrons. The molecule has 0 N–H and O–H groups in total. The van der Waals surface area contributed by atoms with E-state index in [1.807, 2.05) is 12.1 Å². The highest BCUT2D eigenvalue weighted by molar-refractivity contribution is 6.18. The zero-order valence-corrected chi connectivity index (χ0v) is 20.6. The SMILES string of the molecule is c1ccc(-n2c3ccccc3c3c(-c4ccccc4-c4cccc5oc6ccccc6c45)cccc32)cc1. The van der Waals surface area contributed by atoms with Gasteiger partial charge in [0.15, 0.2) is 0 Å². The van der Waals surface area contributed by atoms with E-state index in [1.165, 1.54) is 49.7 Å². The molecule has 2 heteroatoms. The Balaban J connectivity index is 1.47. The van der Waals surface area contributed by atoms with Gasteiger partial charge in [-0.2, -0.15) is 0 Å². The normalized spacial score (nSPS) is 11.7. The predicted molar refractivity (Wildman–Crippen MR) is 159 cm³/mol. The van der Waals surface area contributed by atoms with Crippen molar-refractivity contribution in [3.63, 3.8) is 0 Å². The molecule has 2 heterocycles. The van der Waals surface area contributed by atoms with Crippen molar-refractivity contribution in [3.05, 3.63) is 140 Å². The van der Waals surface area contributed by atoms with Gasteiger partial charge in [0.05, 0.1) is 11.0 Å². The minimum absolute atomic E-state index is 0.914. The minimum Gasteiger partial charge on any atom is -0.456 e. The molecule has 0 unspecified atom stereocenters. The van der Waals surface area contributed by atoms with E-state index in [0.29, 0.717) is 0 Å². The second-order valence-corrected chi connectivity index (χ2v) is 9.71. The summed E-state index contributed by atoms with van der Waals surface area (Å²) in [6.45, 7) is 0. The van der Waals surface area contributed by atoms with Gasteiger partial charge in [0.2, 0.25) is 0 Å². The van der Waals surface area contributed by atoms with Crippen molar-refractivity contribution < 1.29 is 4.42 Å². The molecule has 0 bridgehead atoms. The average molecular weight is 486 g/mol. The van der Waals surface area contributed by atoms with Crippen LogP contribution in [0.3, 0.4) is 0 Å². The van der Waals surface area contributed by atoms with Gasteiger partial charge in [-0.3, -0.25) is 0 Å². The number of fused-ring (bicyclic) bond motifs is 6. The molecule has 0 atom stereocenters. The Morgan fingerprint density at radius 2 is 0.921 bits per heavy atom. The van der Waals surface area contributed by atoms with Crippen LogP contribution >= 0.6 is 0 Å². The first kappa shape index (κ1) is 21.0. The van der Waals surface area contributed by atoms with Gasteiger partial charge in [0, 0.05) is 27.2 Å². The van der Waals surface area contributed by atoms with Crippen molar-refractivity contribution in [2.24, 2.45) is 0 Å². The fraction of sp³-hybridized carbons (Fsp3) is 0. The Kier molecular flexibility index (Phi) is 4.55. The Morgan fingerprint density at radius 3 is 1.74 bits per heavy atom. The van der Waals surface area contributed by atoms with Crippen LogP contribution in [0, 0.1) is 0 Å². The quantitative estimate of drug-likeness (QED) is 0.243. The second-order valence-electron chi connectivity index (χ2n) is 9.71. The summed E-state index contributed by atoms with van der Waals surface area (Å²) < 4.78 is 8.61. The summed E-state index contributed by atoms with van der Waals surface area (Å²) in [5.74, 6) is 0. The molecule has 0 spiro atoms. The number of nitrogens with zero attached hydrogens (tertiary/aromatic N) is 1. The van der Waals surface area contributed by atoms with Crippen LogP contribution in [0.15, 0.2) is 144 Å². The standard InChI is InChI=1S/C36H23NO/c1-2-12-24(13-3-1)37-31-20-8-6-16-29(31)35-27(18-10-21-32(35)37)25-14-4-5-15-26(25)28-19-11-23-34-36(28)30-17-7-9-22-33(30)38-34/h1-23H. The van der Waals surface area contributed by atoms with Crippen molar-refractivity contribution in [1.29, 1.82) is 0 Å². The van der Waals surface area contributed by atoms with Crippen LogP contribution in [-0.2, 0) is 0 Å². The molecule has 6 aromatic carbocycles. The largest absolute Gasteiger partial charge is 0.456 e. The number of hydrogen-bond donors (Lipinski definition) is 0. The summed E-state index contributed by atoms with van der Waals surface area (Å²) in [6, 6.07) is 49.5. The molecule has 8 rings (SSSR count). The summed E-state index contributed by atoms with van der Waals surface area (Å²) in [5.41, 5.74) is 10.2. The topological polar surface area (TPSA) is 18.1 Å². The van der Waals surface area contributed by atoms with E-state index >= 15 is 0 Å². The van der Waals surface area contributed by atoms with Crippen molar-refractivity contribution in [1.82, 2.24) is 4.57 Å². The smallest absolute Gasteiger partial charge is 0.136 e. The van der Waals surface area contributed by atoms with Crippen LogP contribution in [0.1, 0.15) is 0 Å². The average Bonchev–Trinajstić information content (AvgIpc) is 3.54. The van der Waals surface area contributed by atoms with Crippen molar-refractivity contribution >= 4 is 43.7 Å². The van der Waals surface area contributed by atoms with Crippen molar-refractivity contribution in [2.45, 2.75) is 0 Å². The molecule has 0 saturated carbocycles. The van der Waals surface area contributed by atoms with E-state index in [9.17, 15) is 0 Å². The second kappa shape index (κ2) is 8.22. The maximum Gasteiger partial charge on any atom is 0.136 e. The molecule has 0 aliphatic heterocycles. The van der Waals surface area contributed by atoms with Crippen LogP contribution < -0.4 is 0 Å². The first-order valence-corrected chi connectivity index (χ1v) is 13.0. The summed E-state index contributed by atoms with van der Waals surface area (Å²) in [7, 11) is 0. The summed E-state index contributed by atoms with van der Waals surface area (Å²) in [5, 5.41) is 4.83. The summed E-state index contributed by atoms with van der Waals surface area (Å²) >= 11 is 0. The van der Waals surface area contributed by atoms with Gasteiger partial charge in [0.25, 0.3) is 0 Å². The van der Waals surface area contributed by atoms with Crippen LogP contribution in [-0.4, -0.2) is 4.57 Å². The minimum atomic E-state index is 0.914. The fourth-order valence-corrected chi connectivity index (χ4v) is 6.05. The van der Waals surface area contributed by atoms with E-state index in [-0.39, 0.29) is 0 Å². The van der Waals surface area contributed by atoms with E-state index in [2.05, 4.69) is 132 Å². The third-order valence-electron chi connectivity index (χ3n) is 7.62. The highest BCUT2D eigenvalue weighted by atomic mass is 16.3. The zero-order chi connectivity index (χ0) is 25.1. The van der Waals surface area contributed by atoms with Gasteiger partial charge in [-0.1, -0.05) is 103 Å². The van der Waals surface area contributed by atoms with Crippen LogP contribution in [0.5, 0.6) is 0 Å². The Hall–Kier alpha value is -5.08. The maximum atomic E-state index is 6.24. The number of para-hydroxylation sites is 3. The number of rotatable bonds is 3. The predicted octanol–water partition coefficient (Wildman–Crippen LogP) is 10.0. The number of aromatic nitrogens is 1. The first-order chi connectivity index (χ1) is 18.9. The lowest BCUT2D eigenvalue weighted by molar-refractivity contribution is 0.669. The molecular weight excluding hydrogens is 462 g/mol. The van der Waals surface area contributed by atoms with Gasteiger partial charge >= 0.3 is 0 Å². The van der Waals surface area contributed by atoms with E-state index in [4.69, 9.17) is 4.42 Å². The van der Waals surface area contributed by atoms with Crippen molar-refractivity contribution in [3.8, 4) is 27.9 Å². The molecule has 2 aromatic heterocycles. The zero-order valence-electron chi connectivity index (χ0n) is 20.6. The van der Waals surface area contributed by atoms with Gasteiger partial charge < -0.3 is 8.98 Å². The molecular formula is C36H23NO. The number of hydrogen-bond acceptors (Lipinski definition) is 1. The molecule has 8 aromatic rings. The van der Waals surface area contributed by atoms with Crippen molar-refractivity contribution in [2.75, 3.05) is 0 Å². The van der Waals surface area contributed by atoms with Gasteiger partial charge in [-0.05, 0) is 58.7 Å². The van der Waals surface area contributed by atoms with E-state index in [1.54, 1.807) is 0 Å². The molecule has 0 amide bonds. The van der Waals surface area contributed by atoms with Crippen LogP contribution in [0.25, 0.3) is 71.7 Å². The Labute approximate surface area is 220 Å². The van der Waals surface area contributed by atoms with Crippen LogP contribution in [0.2, 0.25) is 0 Å². The fourth-order valence-electron chi connectivity index (χ4n) is 6.05. The number of benzene rings is 6. The third kappa shape index (κ3) is 3.01. The van der Waals surface area contributed by atoms with E-state index < -0.39 is 0 Å². The summed E-state index contributed by atoms with van der Waals surface area (Å²) in [6.07, 6.45) is 0. The van der Waals surface area contributed by atoms with Gasteiger partial charge in [0.1, 0.15) is 11.2 Å². The molecule has 2 nitrogen and oxygen atoms in total. The lowest BCUT2D eigenvalue weighted by Crippen LogP contribution is -1.93. The Morgan fingerprint density at radius 1 is 0.368 bits per heavy atom. The number of furan rings is 1. The molecule has 0 aliphatic carbocycles. The molecule has 0 aliphatic rings. The highest BCUT2D eigenvalue weighted by Gasteiger charge is 2.19. The molecule has 0 saturated heterocycles. The lowest BCUT2D eigenvalue weighted by Gasteiger charge is -2.13. The van der Waals surface area contributed by atoms with Gasteiger partial charge in [-0.25, -0.2) is 0 Å². The molecule has 0 radical (unpaired) electrons. The van der Waals surface area contributed by atoms with Gasteiger partial charge in [-0.15, -0.1) is 0 Å². The third-order valence-corrected chi connectivity index (χ3v) is 7.62. The first-order valence-electron chi connectivity index (χ1n) is 13.0. The van der Waals surface area contributed by atoms with Crippen LogP contribution in [0.4, 0.5) is 0 Å². The molecule has 0 fully saturated rings. The lowest BCUT2D eigenvalue weighted by atomic mass is 9.90. The molecule has 38 heavy (non-hydrogen) atoms. The monoisotopic (exact) mass is 485 g/mol. The maximum absolute atomic E-state index is 6.24. The summed E-state index contributed by atoms with van der Waals surface area (Å²) in [4.78, 5) is 0. The van der Waals surface area contributed by atoms with E-state index in [0.717, 1.165) is 21.9 Å². The Bertz CT molecular complexity index is 2130. The highest BCUT2D eigenvalue weighted by Crippen LogP contribution is 2.44.